The van der Waals surface area contributed by atoms with Crippen LogP contribution in [0.15, 0.2) is 36.4 Å². The number of hydrogen-bond acceptors (Lipinski definition) is 10. The fraction of sp³-hybridized carbons (Fsp3) is 0.304. The maximum atomic E-state index is 13.7. The van der Waals surface area contributed by atoms with Gasteiger partial charge in [0.2, 0.25) is 11.5 Å². The van der Waals surface area contributed by atoms with Crippen molar-refractivity contribution in [3.63, 3.8) is 0 Å². The average molecular weight is 484 g/mol. The molecule has 0 unspecified atom stereocenters. The molecule has 12 heteroatoms. The smallest absolute Gasteiger partial charge is 0.361 e. The zero-order valence-electron chi connectivity index (χ0n) is 19.6. The van der Waals surface area contributed by atoms with E-state index >= 15 is 0 Å². The number of nitro groups is 1. The predicted octanol–water partition coefficient (Wildman–Crippen LogP) is 2.94. The summed E-state index contributed by atoms with van der Waals surface area (Å²) in [6.07, 6.45) is 0. The Hall–Kier alpha value is -4.32. The second-order valence-electron chi connectivity index (χ2n) is 7.28. The van der Waals surface area contributed by atoms with Crippen LogP contribution < -0.4 is 9.47 Å². The molecule has 35 heavy (non-hydrogen) atoms. The predicted molar refractivity (Wildman–Crippen MR) is 122 cm³/mol. The molecule has 3 rings (SSSR count). The normalized spacial score (nSPS) is 10.6. The number of rotatable bonds is 11. The number of carbonyl (C=O) groups excluding carboxylic acids is 2. The van der Waals surface area contributed by atoms with Gasteiger partial charge in [0, 0.05) is 13.2 Å². The Balaban J connectivity index is 2.13. The van der Waals surface area contributed by atoms with Gasteiger partial charge in [-0.25, -0.2) is 9.48 Å². The van der Waals surface area contributed by atoms with Crippen LogP contribution in [-0.2, 0) is 16.0 Å². The van der Waals surface area contributed by atoms with Gasteiger partial charge in [-0.05, 0) is 43.2 Å². The van der Waals surface area contributed by atoms with E-state index < -0.39 is 22.4 Å². The van der Waals surface area contributed by atoms with Crippen LogP contribution in [-0.4, -0.2) is 59.3 Å². The summed E-state index contributed by atoms with van der Waals surface area (Å²) in [7, 11) is 2.95. The Morgan fingerprint density at radius 1 is 1.14 bits per heavy atom. The first kappa shape index (κ1) is 25.3. The van der Waals surface area contributed by atoms with Crippen molar-refractivity contribution < 1.29 is 33.5 Å². The van der Waals surface area contributed by atoms with Gasteiger partial charge in [0.05, 0.1) is 25.2 Å². The number of ketones is 1. The lowest BCUT2D eigenvalue weighted by Crippen LogP contribution is -2.18. The first-order chi connectivity index (χ1) is 16.8. The quantitative estimate of drug-likeness (QED) is 0.131. The maximum Gasteiger partial charge on any atom is 0.361 e. The van der Waals surface area contributed by atoms with Gasteiger partial charge in [0.1, 0.15) is 22.8 Å². The van der Waals surface area contributed by atoms with Gasteiger partial charge in [0.15, 0.2) is 6.79 Å². The summed E-state index contributed by atoms with van der Waals surface area (Å²) in [5, 5.41) is 19.6. The highest BCUT2D eigenvalue weighted by molar-refractivity contribution is 6.15. The Morgan fingerprint density at radius 3 is 2.46 bits per heavy atom. The highest BCUT2D eigenvalue weighted by atomic mass is 16.7. The number of methoxy groups -OCH3 is 2. The van der Waals surface area contributed by atoms with Crippen molar-refractivity contribution in [2.24, 2.45) is 0 Å². The highest BCUT2D eigenvalue weighted by Crippen LogP contribution is 2.31. The van der Waals surface area contributed by atoms with Crippen LogP contribution in [0.25, 0.3) is 0 Å². The largest absolute Gasteiger partial charge is 0.497 e. The lowest BCUT2D eigenvalue weighted by atomic mass is 10.0. The zero-order chi connectivity index (χ0) is 25.5. The topological polar surface area (TPSA) is 145 Å². The van der Waals surface area contributed by atoms with E-state index in [0.717, 1.165) is 5.56 Å². The number of esters is 1. The van der Waals surface area contributed by atoms with Crippen LogP contribution >= 0.6 is 0 Å². The molecule has 0 bridgehead atoms. The van der Waals surface area contributed by atoms with Gasteiger partial charge in [0.25, 0.3) is 5.69 Å². The summed E-state index contributed by atoms with van der Waals surface area (Å²) in [4.78, 5) is 37.3. The molecule has 1 aromatic heterocycles. The Labute approximate surface area is 200 Å². The third-order valence-electron chi connectivity index (χ3n) is 4.98. The molecule has 0 N–H and O–H groups in total. The molecular weight excluding hydrogens is 460 g/mol. The molecular formula is C23H24N4O8. The zero-order valence-corrected chi connectivity index (χ0v) is 19.6. The van der Waals surface area contributed by atoms with Crippen LogP contribution in [0.4, 0.5) is 5.69 Å². The maximum absolute atomic E-state index is 13.7. The fourth-order valence-electron chi connectivity index (χ4n) is 3.30. The number of aromatic nitrogens is 3. The number of carbonyl (C=O) groups is 2. The fourth-order valence-corrected chi connectivity index (χ4v) is 3.30. The number of nitrogens with zero attached hydrogens (tertiary/aromatic N) is 4. The SMILES string of the molecule is CCOC(=O)c1nnn(Cc2ccc(OC)cc2)c1C(=O)c1cc(OCOC)c(C)cc1[N+](=O)[O-]. The standard InChI is InChI=1S/C23H24N4O8/c1-5-34-23(29)20-21(26(25-24-20)12-15-6-8-16(33-4)9-7-15)22(28)17-11-19(35-13-32-3)14(2)10-18(17)27(30)31/h6-11H,5,12-13H2,1-4H3. The van der Waals surface area contributed by atoms with Crippen LogP contribution in [0, 0.1) is 17.0 Å². The first-order valence-corrected chi connectivity index (χ1v) is 10.5. The number of ether oxygens (including phenoxy) is 4. The van der Waals surface area contributed by atoms with E-state index in [1.807, 2.05) is 0 Å². The lowest BCUT2D eigenvalue weighted by molar-refractivity contribution is -0.385. The minimum atomic E-state index is -0.873. The van der Waals surface area contributed by atoms with Gasteiger partial charge in [-0.1, -0.05) is 17.3 Å². The van der Waals surface area contributed by atoms with Crippen LogP contribution in [0.5, 0.6) is 11.5 Å². The van der Waals surface area contributed by atoms with Crippen molar-refractivity contribution in [1.82, 2.24) is 15.0 Å². The molecule has 184 valence electrons. The Morgan fingerprint density at radius 2 is 1.86 bits per heavy atom. The number of benzene rings is 2. The third kappa shape index (κ3) is 5.61. The minimum absolute atomic E-state index is 0.0392. The van der Waals surface area contributed by atoms with Gasteiger partial charge in [-0.2, -0.15) is 0 Å². The third-order valence-corrected chi connectivity index (χ3v) is 4.98. The molecule has 0 atom stereocenters. The van der Waals surface area contributed by atoms with E-state index in [-0.39, 0.29) is 42.6 Å². The summed E-state index contributed by atoms with van der Waals surface area (Å²) in [5.41, 5.74) is -0.188. The van der Waals surface area contributed by atoms with E-state index in [9.17, 15) is 19.7 Å². The van der Waals surface area contributed by atoms with Crippen molar-refractivity contribution in [2.45, 2.75) is 20.4 Å². The molecule has 0 amide bonds. The first-order valence-electron chi connectivity index (χ1n) is 10.5. The van der Waals surface area contributed by atoms with Gasteiger partial charge < -0.3 is 18.9 Å². The van der Waals surface area contributed by atoms with Gasteiger partial charge in [-0.15, -0.1) is 5.10 Å². The van der Waals surface area contributed by atoms with Crippen molar-refractivity contribution >= 4 is 17.4 Å². The second-order valence-corrected chi connectivity index (χ2v) is 7.28. The molecule has 0 saturated heterocycles. The molecule has 0 aliphatic carbocycles. The number of aryl methyl sites for hydroxylation is 1. The van der Waals surface area contributed by atoms with E-state index in [0.29, 0.717) is 11.3 Å². The molecule has 0 fully saturated rings. The molecule has 0 saturated carbocycles. The summed E-state index contributed by atoms with van der Waals surface area (Å²) in [6, 6.07) is 9.43. The lowest BCUT2D eigenvalue weighted by Gasteiger charge is -2.12. The van der Waals surface area contributed by atoms with Crippen LogP contribution in [0.1, 0.15) is 44.6 Å². The van der Waals surface area contributed by atoms with E-state index in [2.05, 4.69) is 10.3 Å². The van der Waals surface area contributed by atoms with Crippen LogP contribution in [0.2, 0.25) is 0 Å². The molecule has 12 nitrogen and oxygen atoms in total. The monoisotopic (exact) mass is 484 g/mol. The van der Waals surface area contributed by atoms with Crippen LogP contribution in [0.3, 0.4) is 0 Å². The van der Waals surface area contributed by atoms with Crippen molar-refractivity contribution in [3.05, 3.63) is 74.6 Å². The molecule has 0 radical (unpaired) electrons. The molecule has 0 aliphatic heterocycles. The molecule has 0 spiro atoms. The Bertz CT molecular complexity index is 1240. The molecule has 0 aliphatic rings. The average Bonchev–Trinajstić information content (AvgIpc) is 3.26. The van der Waals surface area contributed by atoms with E-state index in [1.54, 1.807) is 38.1 Å². The van der Waals surface area contributed by atoms with Gasteiger partial charge in [-0.3, -0.25) is 14.9 Å². The van der Waals surface area contributed by atoms with Crippen molar-refractivity contribution in [1.29, 1.82) is 0 Å². The van der Waals surface area contributed by atoms with Crippen molar-refractivity contribution in [2.75, 3.05) is 27.6 Å². The summed E-state index contributed by atoms with van der Waals surface area (Å²) >= 11 is 0. The molecule has 2 aromatic carbocycles. The van der Waals surface area contributed by atoms with Crippen molar-refractivity contribution in [3.8, 4) is 11.5 Å². The minimum Gasteiger partial charge on any atom is -0.497 e. The van der Waals surface area contributed by atoms with Gasteiger partial charge >= 0.3 is 5.97 Å². The highest BCUT2D eigenvalue weighted by Gasteiger charge is 2.32. The summed E-state index contributed by atoms with van der Waals surface area (Å²) < 4.78 is 21.7. The van der Waals surface area contributed by atoms with E-state index in [4.69, 9.17) is 18.9 Å². The summed E-state index contributed by atoms with van der Waals surface area (Å²) in [6.45, 7) is 3.18. The molecule has 3 aromatic rings. The number of hydrogen-bond donors (Lipinski definition) is 0. The Kier molecular flexibility index (Phi) is 8.10. The second kappa shape index (κ2) is 11.2. The van der Waals surface area contributed by atoms with E-state index in [1.165, 1.54) is 31.0 Å². The number of nitro benzene ring substituents is 1. The summed E-state index contributed by atoms with van der Waals surface area (Å²) in [5.74, 6) is -0.856. The molecule has 1 heterocycles.